The largest absolute Gasteiger partial charge is 0.289 e. The van der Waals surface area contributed by atoms with Crippen molar-refractivity contribution < 1.29 is 9.72 Å². The lowest BCUT2D eigenvalue weighted by Gasteiger charge is -2.09. The normalized spacial score (nSPS) is 13.8. The van der Waals surface area contributed by atoms with Gasteiger partial charge in [0.1, 0.15) is 0 Å². The van der Waals surface area contributed by atoms with Gasteiger partial charge in [0.2, 0.25) is 0 Å². The highest BCUT2D eigenvalue weighted by atomic mass is 16.6. The molecule has 1 aliphatic carbocycles. The van der Waals surface area contributed by atoms with Gasteiger partial charge in [-0.3, -0.25) is 14.9 Å². The summed E-state index contributed by atoms with van der Waals surface area (Å²) in [4.78, 5) is 22.2. The number of hydrogen-bond donors (Lipinski definition) is 0. The summed E-state index contributed by atoms with van der Waals surface area (Å²) in [6.07, 6.45) is 7.74. The number of allylic oxidation sites excluding steroid dienone is 5. The fourth-order valence-electron chi connectivity index (χ4n) is 1.88. The van der Waals surface area contributed by atoms with Crippen LogP contribution in [0, 0.1) is 10.1 Å². The Labute approximate surface area is 110 Å². The molecule has 0 aromatic heterocycles. The highest BCUT2D eigenvalue weighted by Crippen LogP contribution is 2.21. The molecule has 1 aromatic rings. The molecular weight excluding hydrogens is 242 g/mol. The molecule has 0 aliphatic heterocycles. The number of hydrogen-bond acceptors (Lipinski definition) is 3. The van der Waals surface area contributed by atoms with Crippen LogP contribution >= 0.6 is 0 Å². The molecule has 1 aromatic carbocycles. The summed E-state index contributed by atoms with van der Waals surface area (Å²) in [5.41, 5.74) is 1.63. The number of nitro benzene ring substituents is 1. The summed E-state index contributed by atoms with van der Waals surface area (Å²) < 4.78 is 0. The van der Waals surface area contributed by atoms with Crippen LogP contribution in [0.2, 0.25) is 0 Å². The van der Waals surface area contributed by atoms with Gasteiger partial charge in [0.15, 0.2) is 5.78 Å². The van der Waals surface area contributed by atoms with Crippen LogP contribution < -0.4 is 0 Å². The maximum atomic E-state index is 12.2. The number of carbonyl (C=O) groups excluding carboxylic acids is 1. The second-order valence-corrected chi connectivity index (χ2v) is 4.25. The number of nitro groups is 1. The zero-order chi connectivity index (χ0) is 13.8. The summed E-state index contributed by atoms with van der Waals surface area (Å²) >= 11 is 0. The molecule has 0 atom stereocenters. The summed E-state index contributed by atoms with van der Waals surface area (Å²) in [6.45, 7) is 3.81. The number of non-ortho nitro benzene ring substituents is 1. The van der Waals surface area contributed by atoms with Gasteiger partial charge in [-0.1, -0.05) is 24.8 Å². The standard InChI is InChI=1S/C15H13NO3/c1-11(12-5-3-2-4-6-12)15(17)13-7-9-14(10-8-13)16(18)19/h3,5-10H,1-2,4H2. The van der Waals surface area contributed by atoms with Gasteiger partial charge in [0.25, 0.3) is 5.69 Å². The van der Waals surface area contributed by atoms with E-state index < -0.39 is 4.92 Å². The maximum absolute atomic E-state index is 12.2. The fraction of sp³-hybridized carbons (Fsp3) is 0.133. The van der Waals surface area contributed by atoms with Crippen molar-refractivity contribution in [2.75, 3.05) is 0 Å². The third-order valence-corrected chi connectivity index (χ3v) is 2.96. The van der Waals surface area contributed by atoms with E-state index in [-0.39, 0.29) is 11.5 Å². The Bertz CT molecular complexity index is 594. The predicted molar refractivity (Wildman–Crippen MR) is 73.0 cm³/mol. The van der Waals surface area contributed by atoms with Gasteiger partial charge in [-0.15, -0.1) is 0 Å². The quantitative estimate of drug-likeness (QED) is 0.357. The number of carbonyl (C=O) groups is 1. The summed E-state index contributed by atoms with van der Waals surface area (Å²) in [7, 11) is 0. The molecular formula is C15H13NO3. The van der Waals surface area contributed by atoms with E-state index >= 15 is 0 Å². The lowest BCUT2D eigenvalue weighted by Crippen LogP contribution is -2.05. The van der Waals surface area contributed by atoms with E-state index in [9.17, 15) is 14.9 Å². The van der Waals surface area contributed by atoms with E-state index in [1.54, 1.807) is 0 Å². The summed E-state index contributed by atoms with van der Waals surface area (Å²) in [5, 5.41) is 10.5. The van der Waals surface area contributed by atoms with Crippen molar-refractivity contribution >= 4 is 11.5 Å². The molecule has 0 amide bonds. The van der Waals surface area contributed by atoms with Crippen LogP contribution in [0.4, 0.5) is 5.69 Å². The Morgan fingerprint density at radius 3 is 2.42 bits per heavy atom. The smallest absolute Gasteiger partial charge is 0.269 e. The van der Waals surface area contributed by atoms with E-state index in [2.05, 4.69) is 6.58 Å². The molecule has 0 N–H and O–H groups in total. The molecule has 4 heteroatoms. The van der Waals surface area contributed by atoms with Crippen molar-refractivity contribution in [1.82, 2.24) is 0 Å². The summed E-state index contributed by atoms with van der Waals surface area (Å²) in [6, 6.07) is 5.56. The van der Waals surface area contributed by atoms with Crippen molar-refractivity contribution in [2.45, 2.75) is 12.8 Å². The molecule has 0 fully saturated rings. The maximum Gasteiger partial charge on any atom is 0.269 e. The molecule has 0 unspecified atom stereocenters. The first kappa shape index (κ1) is 13.0. The van der Waals surface area contributed by atoms with Gasteiger partial charge in [0, 0.05) is 23.3 Å². The number of ketones is 1. The Kier molecular flexibility index (Phi) is 3.71. The van der Waals surface area contributed by atoms with Crippen LogP contribution in [0.15, 0.2) is 60.2 Å². The van der Waals surface area contributed by atoms with Crippen molar-refractivity contribution in [3.8, 4) is 0 Å². The lowest BCUT2D eigenvalue weighted by molar-refractivity contribution is -0.384. The van der Waals surface area contributed by atoms with Gasteiger partial charge in [-0.2, -0.15) is 0 Å². The van der Waals surface area contributed by atoms with Crippen LogP contribution in [0.1, 0.15) is 23.2 Å². The molecule has 19 heavy (non-hydrogen) atoms. The third-order valence-electron chi connectivity index (χ3n) is 2.96. The minimum Gasteiger partial charge on any atom is -0.289 e. The highest BCUT2D eigenvalue weighted by molar-refractivity contribution is 6.11. The average Bonchev–Trinajstić information content (AvgIpc) is 2.46. The number of benzene rings is 1. The van der Waals surface area contributed by atoms with Crippen LogP contribution in [-0.4, -0.2) is 10.7 Å². The monoisotopic (exact) mass is 255 g/mol. The molecule has 0 bridgehead atoms. The minimum atomic E-state index is -0.491. The first-order valence-corrected chi connectivity index (χ1v) is 5.94. The van der Waals surface area contributed by atoms with Crippen LogP contribution in [0.3, 0.4) is 0 Å². The van der Waals surface area contributed by atoms with Crippen molar-refractivity contribution in [2.24, 2.45) is 0 Å². The van der Waals surface area contributed by atoms with E-state index in [1.807, 2.05) is 18.2 Å². The van der Waals surface area contributed by atoms with Crippen LogP contribution in [-0.2, 0) is 0 Å². The third kappa shape index (κ3) is 2.85. The average molecular weight is 255 g/mol. The second kappa shape index (κ2) is 5.44. The zero-order valence-corrected chi connectivity index (χ0v) is 10.3. The zero-order valence-electron chi connectivity index (χ0n) is 10.3. The van der Waals surface area contributed by atoms with Crippen LogP contribution in [0.5, 0.6) is 0 Å². The Hall–Kier alpha value is -2.49. The molecule has 0 spiro atoms. The molecule has 96 valence electrons. The predicted octanol–water partition coefficient (Wildman–Crippen LogP) is 3.61. The van der Waals surface area contributed by atoms with Gasteiger partial charge >= 0.3 is 0 Å². The number of nitrogens with zero attached hydrogens (tertiary/aromatic N) is 1. The Morgan fingerprint density at radius 1 is 1.21 bits per heavy atom. The molecule has 1 aliphatic rings. The van der Waals surface area contributed by atoms with E-state index in [1.165, 1.54) is 24.3 Å². The minimum absolute atomic E-state index is 0.0288. The topological polar surface area (TPSA) is 60.2 Å². The number of Topliss-reactive ketones (excluding diaryl/α,β-unsaturated/α-hetero) is 1. The van der Waals surface area contributed by atoms with Crippen molar-refractivity contribution in [3.63, 3.8) is 0 Å². The SMILES string of the molecule is C=C(C(=O)c1ccc([N+](=O)[O-])cc1)C1=CCCC=C1. The van der Waals surface area contributed by atoms with Gasteiger partial charge < -0.3 is 0 Å². The number of rotatable bonds is 4. The van der Waals surface area contributed by atoms with Gasteiger partial charge in [-0.05, 0) is 30.5 Å². The van der Waals surface area contributed by atoms with Crippen molar-refractivity contribution in [1.29, 1.82) is 0 Å². The molecule has 0 radical (unpaired) electrons. The lowest BCUT2D eigenvalue weighted by atomic mass is 9.94. The van der Waals surface area contributed by atoms with Crippen LogP contribution in [0.25, 0.3) is 0 Å². The molecule has 4 nitrogen and oxygen atoms in total. The molecule has 0 heterocycles. The fourth-order valence-corrected chi connectivity index (χ4v) is 1.88. The highest BCUT2D eigenvalue weighted by Gasteiger charge is 2.15. The van der Waals surface area contributed by atoms with E-state index in [4.69, 9.17) is 0 Å². The molecule has 0 saturated heterocycles. The molecule has 2 rings (SSSR count). The van der Waals surface area contributed by atoms with Gasteiger partial charge in [-0.25, -0.2) is 0 Å². The summed E-state index contributed by atoms with van der Waals surface area (Å²) in [5.74, 6) is -0.201. The molecule has 0 saturated carbocycles. The second-order valence-electron chi connectivity index (χ2n) is 4.25. The van der Waals surface area contributed by atoms with E-state index in [0.717, 1.165) is 18.4 Å². The first-order valence-electron chi connectivity index (χ1n) is 5.94. The van der Waals surface area contributed by atoms with E-state index in [0.29, 0.717) is 11.1 Å². The van der Waals surface area contributed by atoms with Gasteiger partial charge in [0.05, 0.1) is 4.92 Å². The van der Waals surface area contributed by atoms with Crippen molar-refractivity contribution in [3.05, 3.63) is 75.9 Å². The first-order chi connectivity index (χ1) is 9.09. The Morgan fingerprint density at radius 2 is 1.89 bits per heavy atom. The Balaban J connectivity index is 2.19.